The van der Waals surface area contributed by atoms with E-state index in [0.717, 1.165) is 141 Å². The largest absolute Gasteiger partial charge is 0.545 e. The van der Waals surface area contributed by atoms with Gasteiger partial charge in [0, 0.05) is 12.8 Å². The Balaban J connectivity index is 4.16. The highest BCUT2D eigenvalue weighted by Gasteiger charge is 2.22. The molecule has 0 aromatic carbocycles. The molecule has 0 amide bonds. The molecule has 87 heavy (non-hydrogen) atoms. The number of aliphatic carboxylic acids is 1. The van der Waals surface area contributed by atoms with Crippen LogP contribution in [0.15, 0.2) is 158 Å². The van der Waals surface area contributed by atoms with Crippen LogP contribution in [0.25, 0.3) is 0 Å². The Hall–Kier alpha value is -5.09. The number of carboxylic acid groups (broad SMARTS) is 1. The van der Waals surface area contributed by atoms with Crippen LogP contribution >= 0.6 is 0 Å². The summed E-state index contributed by atoms with van der Waals surface area (Å²) in [5, 5.41) is 11.8. The highest BCUT2D eigenvalue weighted by molar-refractivity contribution is 5.70. The van der Waals surface area contributed by atoms with Crippen molar-refractivity contribution in [3.05, 3.63) is 158 Å². The van der Waals surface area contributed by atoms with Crippen LogP contribution in [0.4, 0.5) is 0 Å². The summed E-state index contributed by atoms with van der Waals surface area (Å²) in [6.07, 6.45) is 96.0. The van der Waals surface area contributed by atoms with Crippen molar-refractivity contribution in [3.8, 4) is 0 Å². The first-order chi connectivity index (χ1) is 42.6. The smallest absolute Gasteiger partial charge is 0.306 e. The predicted molar refractivity (Wildman–Crippen MR) is 370 cm³/mol. The maximum Gasteiger partial charge on any atom is 0.306 e. The maximum absolute atomic E-state index is 12.9. The van der Waals surface area contributed by atoms with Gasteiger partial charge in [-0.25, -0.2) is 0 Å². The average molecular weight is 1210 g/mol. The highest BCUT2D eigenvalue weighted by atomic mass is 16.7. The lowest BCUT2D eigenvalue weighted by atomic mass is 10.0. The number of likely N-dealkylation sites (N-methyl/N-ethyl adjacent to an activating group) is 1. The van der Waals surface area contributed by atoms with Crippen LogP contribution in [0.3, 0.4) is 0 Å². The first kappa shape index (κ1) is 81.9. The number of quaternary nitrogens is 1. The molecule has 0 bridgehead atoms. The Morgan fingerprint density at radius 3 is 0.920 bits per heavy atom. The van der Waals surface area contributed by atoms with Crippen molar-refractivity contribution in [1.29, 1.82) is 0 Å². The zero-order chi connectivity index (χ0) is 63.3. The number of rotatable bonds is 62. The lowest BCUT2D eigenvalue weighted by Crippen LogP contribution is -2.44. The molecule has 0 aliphatic heterocycles. The van der Waals surface area contributed by atoms with Crippen LogP contribution < -0.4 is 5.11 Å². The van der Waals surface area contributed by atoms with Crippen LogP contribution in [0.2, 0.25) is 0 Å². The van der Waals surface area contributed by atoms with Crippen LogP contribution in [-0.2, 0) is 33.3 Å². The quantitative estimate of drug-likeness (QED) is 0.0195. The van der Waals surface area contributed by atoms with E-state index in [0.29, 0.717) is 17.4 Å². The maximum atomic E-state index is 12.9. The zero-order valence-corrected chi connectivity index (χ0v) is 56.1. The number of carboxylic acids is 1. The van der Waals surface area contributed by atoms with Crippen molar-refractivity contribution in [2.45, 2.75) is 270 Å². The Morgan fingerprint density at radius 2 is 0.621 bits per heavy atom. The number of ether oxygens (including phenoxy) is 4. The molecule has 0 aliphatic rings. The van der Waals surface area contributed by atoms with Crippen LogP contribution in [0.5, 0.6) is 0 Å². The summed E-state index contributed by atoms with van der Waals surface area (Å²) in [5.41, 5.74) is 0. The van der Waals surface area contributed by atoms with Gasteiger partial charge in [0.05, 0.1) is 40.3 Å². The van der Waals surface area contributed by atoms with E-state index in [-0.39, 0.29) is 38.6 Å². The van der Waals surface area contributed by atoms with Gasteiger partial charge in [0.15, 0.2) is 12.4 Å². The summed E-state index contributed by atoms with van der Waals surface area (Å²) in [6.45, 7) is 4.51. The fourth-order valence-corrected chi connectivity index (χ4v) is 9.05. The van der Waals surface area contributed by atoms with E-state index in [9.17, 15) is 19.5 Å². The van der Waals surface area contributed by atoms with E-state index in [4.69, 9.17) is 18.9 Å². The minimum Gasteiger partial charge on any atom is -0.545 e. The van der Waals surface area contributed by atoms with Gasteiger partial charge in [-0.2, -0.15) is 0 Å². The van der Waals surface area contributed by atoms with Crippen LogP contribution in [0, 0.1) is 0 Å². The van der Waals surface area contributed by atoms with E-state index >= 15 is 0 Å². The molecule has 0 aromatic rings. The van der Waals surface area contributed by atoms with Gasteiger partial charge in [-0.05, 0) is 122 Å². The predicted octanol–water partition coefficient (Wildman–Crippen LogP) is 20.4. The Kier molecular flexibility index (Phi) is 62.9. The average Bonchev–Trinajstić information content (AvgIpc) is 3.55. The van der Waals surface area contributed by atoms with Gasteiger partial charge >= 0.3 is 11.9 Å². The summed E-state index contributed by atoms with van der Waals surface area (Å²) >= 11 is 0. The van der Waals surface area contributed by atoms with Gasteiger partial charge in [-0.1, -0.05) is 281 Å². The molecule has 0 saturated heterocycles. The fraction of sp³-hybridized carbons (Fsp3) is 0.628. The molecule has 0 aromatic heterocycles. The number of unbranched alkanes of at least 4 members (excludes halogenated alkanes) is 21. The molecule has 0 N–H and O–H groups in total. The molecule has 0 heterocycles. The van der Waals surface area contributed by atoms with Crippen molar-refractivity contribution >= 4 is 17.9 Å². The molecule has 0 saturated carbocycles. The molecule has 0 fully saturated rings. The van der Waals surface area contributed by atoms with E-state index < -0.39 is 24.3 Å². The second kappa shape index (κ2) is 66.9. The summed E-state index contributed by atoms with van der Waals surface area (Å²) in [4.78, 5) is 37.5. The van der Waals surface area contributed by atoms with Crippen molar-refractivity contribution in [1.82, 2.24) is 0 Å². The van der Waals surface area contributed by atoms with Gasteiger partial charge < -0.3 is 33.3 Å². The highest BCUT2D eigenvalue weighted by Crippen LogP contribution is 2.16. The second-order valence-corrected chi connectivity index (χ2v) is 23.7. The molecule has 2 unspecified atom stereocenters. The van der Waals surface area contributed by atoms with Crippen LogP contribution in [0.1, 0.15) is 258 Å². The van der Waals surface area contributed by atoms with Gasteiger partial charge in [-0.15, -0.1) is 0 Å². The van der Waals surface area contributed by atoms with Gasteiger partial charge in [0.25, 0.3) is 0 Å². The summed E-state index contributed by atoms with van der Waals surface area (Å²) in [5.74, 6) is -2.30. The summed E-state index contributed by atoms with van der Waals surface area (Å²) in [6, 6.07) is 0. The molecule has 0 spiro atoms. The van der Waals surface area contributed by atoms with Crippen molar-refractivity contribution < 1.29 is 42.9 Å². The van der Waals surface area contributed by atoms with E-state index in [1.807, 2.05) is 21.1 Å². The molecular weight excluding hydrogens is 1080 g/mol. The first-order valence-electron chi connectivity index (χ1n) is 34.6. The summed E-state index contributed by atoms with van der Waals surface area (Å²) in [7, 11) is 5.92. The normalized spacial score (nSPS) is 13.7. The molecule has 0 rings (SSSR count). The third-order valence-electron chi connectivity index (χ3n) is 14.3. The summed E-state index contributed by atoms with van der Waals surface area (Å²) < 4.78 is 22.8. The van der Waals surface area contributed by atoms with Crippen LogP contribution in [-0.4, -0.2) is 82.3 Å². The minimum absolute atomic E-state index is 0.139. The number of esters is 2. The Morgan fingerprint density at radius 1 is 0.345 bits per heavy atom. The molecule has 492 valence electrons. The standard InChI is InChI=1S/C78H127NO8/c1-6-8-10-12-14-16-18-20-22-24-26-28-30-31-32-33-34-35-36-37-38-39-40-41-42-43-44-45-47-49-51-53-55-57-59-61-63-65-67-69-76(81)87-74(73-86-78(77(82)83)84-71-70-79(3,4)5)72-85-75(80)68-66-64-62-60-58-56-54-52-50-48-46-29-27-25-23-21-19-17-15-13-11-9-7-2/h8-11,14-17,20-23,26-29,31-32,34-35,37-38,40-41,43-44,74,78H,6-7,12-13,18-19,24-25,30,33,36,39,42,45-73H2,1-5H3/b10-8-,11-9-,16-14-,17-15-,22-20-,23-21-,28-26-,29-27-,32-31-,35-34-,38-37-,41-40-,44-43-. The molecule has 2 atom stereocenters. The zero-order valence-electron chi connectivity index (χ0n) is 56.1. The van der Waals surface area contributed by atoms with E-state index in [2.05, 4.69) is 172 Å². The number of carbonyl (C=O) groups is 3. The number of carbonyl (C=O) groups excluding carboxylic acids is 3. The lowest BCUT2D eigenvalue weighted by Gasteiger charge is -2.26. The van der Waals surface area contributed by atoms with E-state index in [1.54, 1.807) is 0 Å². The lowest BCUT2D eigenvalue weighted by molar-refractivity contribution is -0.870. The Labute approximate surface area is 534 Å². The molecule has 0 aliphatic carbocycles. The third kappa shape index (κ3) is 68.3. The van der Waals surface area contributed by atoms with Gasteiger partial charge in [0.2, 0.25) is 0 Å². The van der Waals surface area contributed by atoms with Gasteiger partial charge in [0.1, 0.15) is 13.2 Å². The van der Waals surface area contributed by atoms with Crippen molar-refractivity contribution in [2.75, 3.05) is 47.5 Å². The second-order valence-electron chi connectivity index (χ2n) is 23.7. The van der Waals surface area contributed by atoms with E-state index in [1.165, 1.54) is 83.5 Å². The SMILES string of the molecule is CC/C=C\C/C=C\C/C=C\C/C=C\C/C=C\C/C=C\C/C=C\C/C=C\C/C=C\CCCCCCCCCCCCCC(=O)OC(COC(=O)CCCCCCCCCCCC/C=C\C/C=C\C/C=C\C/C=C\CC)COC(OCC[N+](C)(C)C)C(=O)[O-]. The Bertz CT molecular complexity index is 1990. The molecular formula is C78H127NO8. The number of hydrogen-bond donors (Lipinski definition) is 0. The van der Waals surface area contributed by atoms with Gasteiger partial charge in [-0.3, -0.25) is 9.59 Å². The third-order valence-corrected chi connectivity index (χ3v) is 14.3. The molecule has 9 nitrogen and oxygen atoms in total. The van der Waals surface area contributed by atoms with Crippen molar-refractivity contribution in [3.63, 3.8) is 0 Å². The first-order valence-corrected chi connectivity index (χ1v) is 34.6. The minimum atomic E-state index is -1.63. The number of nitrogens with zero attached hydrogens (tertiary/aromatic N) is 1. The number of hydrogen-bond acceptors (Lipinski definition) is 8. The number of allylic oxidation sites excluding steroid dienone is 26. The fourth-order valence-electron chi connectivity index (χ4n) is 9.05. The van der Waals surface area contributed by atoms with Crippen molar-refractivity contribution in [2.24, 2.45) is 0 Å². The monoisotopic (exact) mass is 1210 g/mol. The topological polar surface area (TPSA) is 111 Å². The molecule has 9 heteroatoms. The molecule has 0 radical (unpaired) electrons.